The lowest BCUT2D eigenvalue weighted by molar-refractivity contribution is -0.146. The zero-order chi connectivity index (χ0) is 16.1. The van der Waals surface area contributed by atoms with Gasteiger partial charge in [-0.3, -0.25) is 9.59 Å². The number of amides is 1. The maximum Gasteiger partial charge on any atom is 0.312 e. The molecule has 0 fully saturated rings. The average molecular weight is 318 g/mol. The molecule has 0 atom stereocenters. The van der Waals surface area contributed by atoms with Crippen LogP contribution in [0.1, 0.15) is 21.8 Å². The summed E-state index contributed by atoms with van der Waals surface area (Å²) >= 11 is 1.48. The summed E-state index contributed by atoms with van der Waals surface area (Å²) in [5.41, 5.74) is 3.49. The predicted octanol–water partition coefficient (Wildman–Crippen LogP) is 2.79. The molecule has 5 nitrogen and oxygen atoms in total. The van der Waals surface area contributed by atoms with Crippen LogP contribution in [0, 0.1) is 20.8 Å². The number of nitrogens with one attached hydrogen (secondary N) is 1. The van der Waals surface area contributed by atoms with Crippen molar-refractivity contribution in [1.29, 1.82) is 0 Å². The lowest BCUT2D eigenvalue weighted by Crippen LogP contribution is -2.21. The van der Waals surface area contributed by atoms with E-state index in [2.05, 4.69) is 10.3 Å². The molecule has 0 unspecified atom stereocenters. The Morgan fingerprint density at radius 1 is 1.18 bits per heavy atom. The van der Waals surface area contributed by atoms with Crippen LogP contribution < -0.4 is 5.32 Å². The number of nitrogens with zero attached hydrogens (tertiary/aromatic N) is 1. The van der Waals surface area contributed by atoms with Crippen LogP contribution >= 0.6 is 11.3 Å². The first kappa shape index (κ1) is 16.2. The molecule has 0 bridgehead atoms. The number of hydrogen-bond acceptors (Lipinski definition) is 5. The molecule has 6 heteroatoms. The Kier molecular flexibility index (Phi) is 5.27. The second-order valence-corrected chi connectivity index (χ2v) is 6.18. The van der Waals surface area contributed by atoms with Crippen molar-refractivity contribution < 1.29 is 14.3 Å². The van der Waals surface area contributed by atoms with Crippen LogP contribution in [0.15, 0.2) is 23.6 Å². The van der Waals surface area contributed by atoms with Crippen molar-refractivity contribution in [2.24, 2.45) is 0 Å². The minimum atomic E-state index is -0.458. The van der Waals surface area contributed by atoms with E-state index in [0.717, 1.165) is 16.1 Å². The van der Waals surface area contributed by atoms with E-state index in [1.807, 2.05) is 44.4 Å². The van der Waals surface area contributed by atoms with Gasteiger partial charge in [-0.25, -0.2) is 4.98 Å². The van der Waals surface area contributed by atoms with Crippen LogP contribution in [-0.2, 0) is 20.7 Å². The van der Waals surface area contributed by atoms with E-state index in [-0.39, 0.29) is 18.9 Å². The van der Waals surface area contributed by atoms with Gasteiger partial charge in [-0.1, -0.05) is 6.07 Å². The van der Waals surface area contributed by atoms with Crippen LogP contribution in [0.25, 0.3) is 0 Å². The molecule has 1 aromatic heterocycles. The van der Waals surface area contributed by atoms with Gasteiger partial charge in [0, 0.05) is 11.1 Å². The van der Waals surface area contributed by atoms with Crippen LogP contribution in [-0.4, -0.2) is 23.5 Å². The van der Waals surface area contributed by atoms with Crippen LogP contribution in [0.5, 0.6) is 0 Å². The van der Waals surface area contributed by atoms with Gasteiger partial charge < -0.3 is 10.1 Å². The van der Waals surface area contributed by atoms with Gasteiger partial charge in [0.05, 0.1) is 17.1 Å². The van der Waals surface area contributed by atoms with Gasteiger partial charge in [0.15, 0.2) is 6.61 Å². The van der Waals surface area contributed by atoms with E-state index in [0.29, 0.717) is 11.4 Å². The number of anilines is 1. The summed E-state index contributed by atoms with van der Waals surface area (Å²) in [6.07, 6.45) is 0.0845. The summed E-state index contributed by atoms with van der Waals surface area (Å²) in [4.78, 5) is 27.6. The van der Waals surface area contributed by atoms with E-state index in [4.69, 9.17) is 4.74 Å². The molecule has 0 aliphatic rings. The molecular formula is C16H18N2O3S. The molecule has 0 saturated heterocycles. The Labute approximate surface area is 133 Å². The Bertz CT molecular complexity index is 674. The fourth-order valence-corrected chi connectivity index (χ4v) is 2.69. The molecule has 116 valence electrons. The fraction of sp³-hybridized carbons (Fsp3) is 0.312. The average Bonchev–Trinajstić information content (AvgIpc) is 2.80. The quantitative estimate of drug-likeness (QED) is 0.861. The number of hydrogen-bond donors (Lipinski definition) is 1. The summed E-state index contributed by atoms with van der Waals surface area (Å²) in [6.45, 7) is 5.49. The van der Waals surface area contributed by atoms with Crippen molar-refractivity contribution in [3.05, 3.63) is 45.4 Å². The molecule has 1 heterocycles. The first-order valence-electron chi connectivity index (χ1n) is 6.87. The monoisotopic (exact) mass is 318 g/mol. The highest BCUT2D eigenvalue weighted by Crippen LogP contribution is 2.13. The normalized spacial score (nSPS) is 10.3. The zero-order valence-corrected chi connectivity index (χ0v) is 13.6. The minimum absolute atomic E-state index is 0.0845. The van der Waals surface area contributed by atoms with Crippen molar-refractivity contribution in [2.75, 3.05) is 11.9 Å². The number of thiazole rings is 1. The number of ether oxygens (including phenoxy) is 1. The second kappa shape index (κ2) is 7.17. The summed E-state index contributed by atoms with van der Waals surface area (Å²) < 4.78 is 4.96. The molecule has 0 saturated carbocycles. The summed E-state index contributed by atoms with van der Waals surface area (Å²) in [5.74, 6) is -0.811. The van der Waals surface area contributed by atoms with Crippen LogP contribution in [0.2, 0.25) is 0 Å². The molecule has 0 radical (unpaired) electrons. The number of aromatic nitrogens is 1. The molecule has 1 amide bonds. The molecule has 0 aliphatic carbocycles. The topological polar surface area (TPSA) is 68.3 Å². The van der Waals surface area contributed by atoms with Crippen molar-refractivity contribution in [1.82, 2.24) is 4.98 Å². The third kappa shape index (κ3) is 4.96. The number of rotatable bonds is 5. The first-order chi connectivity index (χ1) is 10.4. The minimum Gasteiger partial charge on any atom is -0.455 e. The maximum absolute atomic E-state index is 11.8. The molecule has 1 aromatic carbocycles. The van der Waals surface area contributed by atoms with Crippen LogP contribution in [0.4, 0.5) is 5.69 Å². The highest BCUT2D eigenvalue weighted by molar-refractivity contribution is 7.09. The molecule has 0 aliphatic heterocycles. The van der Waals surface area contributed by atoms with E-state index < -0.39 is 5.97 Å². The highest BCUT2D eigenvalue weighted by atomic mass is 32.1. The Balaban J connectivity index is 1.81. The van der Waals surface area contributed by atoms with Crippen molar-refractivity contribution in [2.45, 2.75) is 27.2 Å². The van der Waals surface area contributed by atoms with Crippen molar-refractivity contribution in [3.63, 3.8) is 0 Å². The summed E-state index contributed by atoms with van der Waals surface area (Å²) in [5, 5.41) is 5.43. The lowest BCUT2D eigenvalue weighted by Gasteiger charge is -2.08. The molecule has 2 rings (SSSR count). The second-order valence-electron chi connectivity index (χ2n) is 5.12. The highest BCUT2D eigenvalue weighted by Gasteiger charge is 2.11. The fourth-order valence-electron chi connectivity index (χ4n) is 2.08. The van der Waals surface area contributed by atoms with Crippen molar-refractivity contribution in [3.8, 4) is 0 Å². The van der Waals surface area contributed by atoms with E-state index in [9.17, 15) is 9.59 Å². The van der Waals surface area contributed by atoms with E-state index in [1.165, 1.54) is 11.3 Å². The molecular weight excluding hydrogens is 300 g/mol. The predicted molar refractivity (Wildman–Crippen MR) is 86.1 cm³/mol. The smallest absolute Gasteiger partial charge is 0.312 e. The number of aryl methyl sites for hydroxylation is 3. The maximum atomic E-state index is 11.8. The first-order valence-corrected chi connectivity index (χ1v) is 7.75. The molecule has 1 N–H and O–H groups in total. The Morgan fingerprint density at radius 2 is 1.86 bits per heavy atom. The third-order valence-corrected chi connectivity index (χ3v) is 3.68. The van der Waals surface area contributed by atoms with Crippen molar-refractivity contribution >= 4 is 28.9 Å². The number of esters is 1. The standard InChI is InChI=1S/C16H18N2O3S/c1-10-4-11(2)6-13(5-10)18-15(19)8-21-16(20)7-14-9-22-12(3)17-14/h4-6,9H,7-8H2,1-3H3,(H,18,19). The summed E-state index contributed by atoms with van der Waals surface area (Å²) in [6, 6.07) is 5.75. The summed E-state index contributed by atoms with van der Waals surface area (Å²) in [7, 11) is 0. The molecule has 0 spiro atoms. The van der Waals surface area contributed by atoms with Crippen LogP contribution in [0.3, 0.4) is 0 Å². The number of benzene rings is 1. The van der Waals surface area contributed by atoms with E-state index in [1.54, 1.807) is 0 Å². The van der Waals surface area contributed by atoms with Gasteiger partial charge in [-0.15, -0.1) is 11.3 Å². The van der Waals surface area contributed by atoms with Gasteiger partial charge in [-0.2, -0.15) is 0 Å². The Hall–Kier alpha value is -2.21. The lowest BCUT2D eigenvalue weighted by atomic mass is 10.1. The third-order valence-electron chi connectivity index (χ3n) is 2.86. The van der Waals surface area contributed by atoms with Gasteiger partial charge in [0.2, 0.25) is 0 Å². The largest absolute Gasteiger partial charge is 0.455 e. The van der Waals surface area contributed by atoms with Gasteiger partial charge >= 0.3 is 5.97 Å². The van der Waals surface area contributed by atoms with Gasteiger partial charge in [0.1, 0.15) is 0 Å². The Morgan fingerprint density at radius 3 is 2.45 bits per heavy atom. The van der Waals surface area contributed by atoms with Gasteiger partial charge in [0.25, 0.3) is 5.91 Å². The number of carbonyl (C=O) groups excluding carboxylic acids is 2. The molecule has 22 heavy (non-hydrogen) atoms. The SMILES string of the molecule is Cc1cc(C)cc(NC(=O)COC(=O)Cc2csc(C)n2)c1. The number of carbonyl (C=O) groups is 2. The molecule has 2 aromatic rings. The van der Waals surface area contributed by atoms with E-state index >= 15 is 0 Å². The van der Waals surface area contributed by atoms with Gasteiger partial charge in [-0.05, 0) is 44.0 Å². The zero-order valence-electron chi connectivity index (χ0n) is 12.8.